The second kappa shape index (κ2) is 8.27. The van der Waals surface area contributed by atoms with Crippen molar-refractivity contribution in [3.8, 4) is 11.4 Å². The number of likely N-dealkylation sites (tertiary alicyclic amines) is 1. The SMILES string of the molecule is Cc1cnn(C)c1-c1ccc(NC2CC3(CCN(CC4CCOCC4)CC3)C2)nn1. The van der Waals surface area contributed by atoms with Crippen molar-refractivity contribution in [2.45, 2.75) is 51.5 Å². The lowest BCUT2D eigenvalue weighted by Crippen LogP contribution is -2.52. The molecule has 2 aromatic rings. The Bertz CT molecular complexity index is 822. The Kier molecular flexibility index (Phi) is 5.50. The summed E-state index contributed by atoms with van der Waals surface area (Å²) in [6.07, 6.45) is 9.58. The Morgan fingerprint density at radius 1 is 1.13 bits per heavy atom. The van der Waals surface area contributed by atoms with Crippen molar-refractivity contribution in [1.29, 1.82) is 0 Å². The number of hydrogen-bond acceptors (Lipinski definition) is 6. The van der Waals surface area contributed by atoms with Crippen molar-refractivity contribution in [3.63, 3.8) is 0 Å². The Morgan fingerprint density at radius 3 is 2.53 bits per heavy atom. The molecule has 5 rings (SSSR count). The molecular weight excluding hydrogens is 376 g/mol. The van der Waals surface area contributed by atoms with Crippen molar-refractivity contribution in [3.05, 3.63) is 23.9 Å². The summed E-state index contributed by atoms with van der Waals surface area (Å²) in [6.45, 7) is 7.78. The topological polar surface area (TPSA) is 68.1 Å². The summed E-state index contributed by atoms with van der Waals surface area (Å²) in [5, 5.41) is 16.8. The van der Waals surface area contributed by atoms with E-state index < -0.39 is 0 Å². The first-order valence-corrected chi connectivity index (χ1v) is 11.5. The second-order valence-electron chi connectivity index (χ2n) is 9.71. The van der Waals surface area contributed by atoms with Gasteiger partial charge in [-0.15, -0.1) is 10.2 Å². The number of anilines is 1. The first-order valence-electron chi connectivity index (χ1n) is 11.5. The van der Waals surface area contributed by atoms with E-state index in [1.807, 2.05) is 24.0 Å². The summed E-state index contributed by atoms with van der Waals surface area (Å²) in [4.78, 5) is 2.70. The molecule has 0 bridgehead atoms. The zero-order chi connectivity index (χ0) is 20.6. The molecule has 162 valence electrons. The van der Waals surface area contributed by atoms with Gasteiger partial charge >= 0.3 is 0 Å². The Balaban J connectivity index is 1.09. The van der Waals surface area contributed by atoms with Crippen LogP contribution in [0.4, 0.5) is 5.82 Å². The lowest BCUT2D eigenvalue weighted by Gasteiger charge is -2.52. The van der Waals surface area contributed by atoms with Crippen molar-refractivity contribution >= 4 is 5.82 Å². The Morgan fingerprint density at radius 2 is 1.90 bits per heavy atom. The highest BCUT2D eigenvalue weighted by Gasteiger charge is 2.46. The standard InChI is InChI=1S/C23H34N6O/c1-17-15-24-28(2)22(17)20-3-4-21(27-26-20)25-19-13-23(14-19)7-9-29(10-8-23)16-18-5-11-30-12-6-18/h3-4,15,18-19H,5-14,16H2,1-2H3,(H,25,27). The lowest BCUT2D eigenvalue weighted by atomic mass is 9.60. The number of ether oxygens (including phenoxy) is 1. The van der Waals surface area contributed by atoms with Crippen LogP contribution in [0.1, 0.15) is 44.1 Å². The first-order chi connectivity index (χ1) is 14.6. The highest BCUT2D eigenvalue weighted by Crippen LogP contribution is 2.50. The summed E-state index contributed by atoms with van der Waals surface area (Å²) in [5.41, 5.74) is 3.59. The van der Waals surface area contributed by atoms with Crippen molar-refractivity contribution in [2.24, 2.45) is 18.4 Å². The van der Waals surface area contributed by atoms with Crippen LogP contribution in [0.3, 0.4) is 0 Å². The highest BCUT2D eigenvalue weighted by atomic mass is 16.5. The third-order valence-corrected chi connectivity index (χ3v) is 7.51. The fourth-order valence-electron chi connectivity index (χ4n) is 5.66. The second-order valence-corrected chi connectivity index (χ2v) is 9.71. The average Bonchev–Trinajstić information content (AvgIpc) is 3.08. The number of rotatable bonds is 5. The summed E-state index contributed by atoms with van der Waals surface area (Å²) < 4.78 is 7.36. The van der Waals surface area contributed by atoms with Crippen molar-refractivity contribution < 1.29 is 4.74 Å². The number of nitrogens with one attached hydrogen (secondary N) is 1. The van der Waals surface area contributed by atoms with E-state index in [4.69, 9.17) is 4.74 Å². The minimum absolute atomic E-state index is 0.533. The molecule has 1 spiro atoms. The summed E-state index contributed by atoms with van der Waals surface area (Å²) in [6, 6.07) is 4.63. The van der Waals surface area contributed by atoms with Gasteiger partial charge in [0.1, 0.15) is 11.5 Å². The smallest absolute Gasteiger partial charge is 0.148 e. The summed E-state index contributed by atoms with van der Waals surface area (Å²) in [5.74, 6) is 1.73. The van der Waals surface area contributed by atoms with Crippen LogP contribution >= 0.6 is 0 Å². The van der Waals surface area contributed by atoms with Gasteiger partial charge in [0.2, 0.25) is 0 Å². The quantitative estimate of drug-likeness (QED) is 0.816. The molecule has 2 saturated heterocycles. The van der Waals surface area contributed by atoms with E-state index >= 15 is 0 Å². The predicted octanol–water partition coefficient (Wildman–Crippen LogP) is 3.27. The predicted molar refractivity (Wildman–Crippen MR) is 117 cm³/mol. The van der Waals surface area contributed by atoms with E-state index in [0.29, 0.717) is 11.5 Å². The minimum Gasteiger partial charge on any atom is -0.381 e. The summed E-state index contributed by atoms with van der Waals surface area (Å²) >= 11 is 0. The van der Waals surface area contributed by atoms with Gasteiger partial charge in [0, 0.05) is 32.8 Å². The van der Waals surface area contributed by atoms with Gasteiger partial charge in [-0.05, 0) is 87.6 Å². The number of aryl methyl sites for hydroxylation is 2. The third-order valence-electron chi connectivity index (χ3n) is 7.51. The van der Waals surface area contributed by atoms with E-state index in [1.165, 1.54) is 58.2 Å². The molecule has 0 radical (unpaired) electrons. The van der Waals surface area contributed by atoms with Gasteiger partial charge in [-0.2, -0.15) is 5.10 Å². The molecule has 0 amide bonds. The van der Waals surface area contributed by atoms with E-state index in [1.54, 1.807) is 0 Å². The molecule has 1 N–H and O–H groups in total. The number of nitrogens with zero attached hydrogens (tertiary/aromatic N) is 5. The van der Waals surface area contributed by atoms with Crippen LogP contribution < -0.4 is 5.32 Å². The fraction of sp³-hybridized carbons (Fsp3) is 0.696. The number of aromatic nitrogens is 4. The molecule has 7 nitrogen and oxygen atoms in total. The van der Waals surface area contributed by atoms with Gasteiger partial charge in [-0.1, -0.05) is 0 Å². The largest absolute Gasteiger partial charge is 0.381 e. The molecule has 3 fully saturated rings. The molecule has 2 aliphatic heterocycles. The maximum absolute atomic E-state index is 5.51. The average molecular weight is 411 g/mol. The van der Waals surface area contributed by atoms with Crippen molar-refractivity contribution in [2.75, 3.05) is 38.2 Å². The first kappa shape index (κ1) is 19.9. The van der Waals surface area contributed by atoms with Crippen molar-refractivity contribution in [1.82, 2.24) is 24.9 Å². The van der Waals surface area contributed by atoms with Crippen LogP contribution in [0, 0.1) is 18.3 Å². The van der Waals surface area contributed by atoms with Crippen LogP contribution in [0.5, 0.6) is 0 Å². The van der Waals surface area contributed by atoms with Crippen LogP contribution in [-0.4, -0.2) is 63.8 Å². The number of piperidine rings is 1. The van der Waals surface area contributed by atoms with Crippen LogP contribution in [0.25, 0.3) is 11.4 Å². The monoisotopic (exact) mass is 410 g/mol. The normalized spacial score (nSPS) is 22.9. The molecule has 7 heteroatoms. The lowest BCUT2D eigenvalue weighted by molar-refractivity contribution is 0.00457. The zero-order valence-electron chi connectivity index (χ0n) is 18.3. The minimum atomic E-state index is 0.533. The molecular formula is C23H34N6O. The Hall–Kier alpha value is -1.99. The zero-order valence-corrected chi connectivity index (χ0v) is 18.3. The maximum atomic E-state index is 5.51. The number of hydrogen-bond donors (Lipinski definition) is 1. The maximum Gasteiger partial charge on any atom is 0.148 e. The van der Waals surface area contributed by atoms with E-state index in [-0.39, 0.29) is 0 Å². The van der Waals surface area contributed by atoms with E-state index in [2.05, 4.69) is 38.5 Å². The van der Waals surface area contributed by atoms with E-state index in [0.717, 1.165) is 41.9 Å². The molecule has 3 aliphatic rings. The molecule has 0 unspecified atom stereocenters. The highest BCUT2D eigenvalue weighted by molar-refractivity contribution is 5.59. The molecule has 0 atom stereocenters. The fourth-order valence-corrected chi connectivity index (χ4v) is 5.66. The summed E-state index contributed by atoms with van der Waals surface area (Å²) in [7, 11) is 1.94. The molecule has 4 heterocycles. The van der Waals surface area contributed by atoms with Gasteiger partial charge < -0.3 is 15.0 Å². The molecule has 30 heavy (non-hydrogen) atoms. The van der Waals surface area contributed by atoms with Crippen LogP contribution in [-0.2, 0) is 11.8 Å². The third kappa shape index (κ3) is 4.10. The van der Waals surface area contributed by atoms with Gasteiger partial charge in [-0.25, -0.2) is 0 Å². The van der Waals surface area contributed by atoms with Crippen LogP contribution in [0.2, 0.25) is 0 Å². The molecule has 1 aliphatic carbocycles. The van der Waals surface area contributed by atoms with Gasteiger partial charge in [0.25, 0.3) is 0 Å². The van der Waals surface area contributed by atoms with Gasteiger partial charge in [0.05, 0.1) is 11.9 Å². The van der Waals surface area contributed by atoms with Crippen LogP contribution in [0.15, 0.2) is 18.3 Å². The Labute approximate surface area is 179 Å². The molecule has 1 saturated carbocycles. The van der Waals surface area contributed by atoms with Gasteiger partial charge in [0.15, 0.2) is 0 Å². The van der Waals surface area contributed by atoms with Gasteiger partial charge in [-0.3, -0.25) is 4.68 Å². The molecule has 0 aromatic carbocycles. The van der Waals surface area contributed by atoms with E-state index in [9.17, 15) is 0 Å². The molecule has 2 aromatic heterocycles.